The first-order valence-corrected chi connectivity index (χ1v) is 7.80. The van der Waals surface area contributed by atoms with Gasteiger partial charge in [-0.1, -0.05) is 24.3 Å². The van der Waals surface area contributed by atoms with E-state index < -0.39 is 5.97 Å². The van der Waals surface area contributed by atoms with Crippen LogP contribution in [0.5, 0.6) is 0 Å². The quantitative estimate of drug-likeness (QED) is 0.839. The molecule has 1 amide bonds. The summed E-state index contributed by atoms with van der Waals surface area (Å²) in [7, 11) is 1.74. The van der Waals surface area contributed by atoms with Gasteiger partial charge in [-0.2, -0.15) is 0 Å². The molecule has 0 bridgehead atoms. The zero-order valence-corrected chi connectivity index (χ0v) is 13.7. The molecule has 6 nitrogen and oxygen atoms in total. The Hall–Kier alpha value is -1.92. The van der Waals surface area contributed by atoms with Crippen molar-refractivity contribution in [2.24, 2.45) is 0 Å². The van der Waals surface area contributed by atoms with Gasteiger partial charge in [0, 0.05) is 19.6 Å². The molecule has 2 rings (SSSR count). The van der Waals surface area contributed by atoms with E-state index in [9.17, 15) is 9.59 Å². The van der Waals surface area contributed by atoms with Gasteiger partial charge in [-0.3, -0.25) is 14.5 Å². The van der Waals surface area contributed by atoms with Crippen molar-refractivity contribution >= 4 is 11.9 Å². The van der Waals surface area contributed by atoms with Crippen LogP contribution in [0.2, 0.25) is 0 Å². The second kappa shape index (κ2) is 8.08. The van der Waals surface area contributed by atoms with E-state index in [1.54, 1.807) is 11.9 Å². The van der Waals surface area contributed by atoms with Crippen LogP contribution in [0.4, 0.5) is 0 Å². The molecule has 1 N–H and O–H groups in total. The minimum Gasteiger partial charge on any atom is -0.480 e. The first-order chi connectivity index (χ1) is 11.0. The molecule has 0 aromatic heterocycles. The van der Waals surface area contributed by atoms with Crippen LogP contribution in [-0.2, 0) is 20.7 Å². The summed E-state index contributed by atoms with van der Waals surface area (Å²) in [5, 5.41) is 8.80. The summed E-state index contributed by atoms with van der Waals surface area (Å²) < 4.78 is 5.66. The molecule has 1 aliphatic rings. The van der Waals surface area contributed by atoms with Crippen LogP contribution in [0.1, 0.15) is 11.1 Å². The largest absolute Gasteiger partial charge is 0.480 e. The van der Waals surface area contributed by atoms with E-state index >= 15 is 0 Å². The summed E-state index contributed by atoms with van der Waals surface area (Å²) in [6, 6.07) is 7.89. The molecule has 23 heavy (non-hydrogen) atoms. The molecule has 1 saturated heterocycles. The lowest BCUT2D eigenvalue weighted by Crippen LogP contribution is -2.50. The average molecular weight is 320 g/mol. The Morgan fingerprint density at radius 3 is 2.83 bits per heavy atom. The van der Waals surface area contributed by atoms with Crippen molar-refractivity contribution in [1.82, 2.24) is 9.80 Å². The highest BCUT2D eigenvalue weighted by Gasteiger charge is 2.25. The van der Waals surface area contributed by atoms with Gasteiger partial charge in [0.25, 0.3) is 0 Å². The summed E-state index contributed by atoms with van der Waals surface area (Å²) in [6.45, 7) is 4.06. The molecule has 1 fully saturated rings. The number of amides is 1. The number of carbonyl (C=O) groups is 2. The summed E-state index contributed by atoms with van der Waals surface area (Å²) in [5.74, 6) is -0.774. The van der Waals surface area contributed by atoms with Crippen molar-refractivity contribution in [3.8, 4) is 0 Å². The molecule has 0 spiro atoms. The number of carbonyl (C=O) groups excluding carboxylic acids is 1. The first-order valence-electron chi connectivity index (χ1n) is 7.80. The van der Waals surface area contributed by atoms with Crippen molar-refractivity contribution in [2.45, 2.75) is 19.4 Å². The zero-order chi connectivity index (χ0) is 16.8. The molecule has 1 aliphatic heterocycles. The average Bonchev–Trinajstić information content (AvgIpc) is 2.49. The van der Waals surface area contributed by atoms with E-state index in [4.69, 9.17) is 9.84 Å². The normalized spacial score (nSPS) is 18.2. The third kappa shape index (κ3) is 5.33. The molecule has 0 radical (unpaired) electrons. The van der Waals surface area contributed by atoms with Gasteiger partial charge < -0.3 is 14.7 Å². The number of hydrogen-bond acceptors (Lipinski definition) is 4. The molecular weight excluding hydrogens is 296 g/mol. The fourth-order valence-corrected chi connectivity index (χ4v) is 2.78. The minimum atomic E-state index is -0.865. The van der Waals surface area contributed by atoms with Gasteiger partial charge in [0.2, 0.25) is 5.91 Å². The SMILES string of the molecule is Cc1ccccc1CC(=O)N1CCOC(CN(C)CC(=O)O)C1. The number of aryl methyl sites for hydroxylation is 1. The van der Waals surface area contributed by atoms with Crippen LogP contribution in [-0.4, -0.2) is 72.7 Å². The molecule has 1 unspecified atom stereocenters. The van der Waals surface area contributed by atoms with Crippen molar-refractivity contribution in [3.63, 3.8) is 0 Å². The minimum absolute atomic E-state index is 0.0307. The van der Waals surface area contributed by atoms with Crippen LogP contribution >= 0.6 is 0 Å². The van der Waals surface area contributed by atoms with Crippen molar-refractivity contribution in [3.05, 3.63) is 35.4 Å². The van der Waals surface area contributed by atoms with E-state index in [0.29, 0.717) is 32.7 Å². The number of ether oxygens (including phenoxy) is 1. The standard InChI is InChI=1S/C17H24N2O4/c1-13-5-3-4-6-14(13)9-16(20)19-7-8-23-15(11-19)10-18(2)12-17(21)22/h3-6,15H,7-12H2,1-2H3,(H,21,22). The van der Waals surface area contributed by atoms with Crippen LogP contribution in [0.15, 0.2) is 24.3 Å². The molecular formula is C17H24N2O4. The van der Waals surface area contributed by atoms with E-state index in [2.05, 4.69) is 0 Å². The first kappa shape index (κ1) is 17.4. The molecule has 1 atom stereocenters. The molecule has 0 aliphatic carbocycles. The number of hydrogen-bond donors (Lipinski definition) is 1. The fraction of sp³-hybridized carbons (Fsp3) is 0.529. The van der Waals surface area contributed by atoms with Crippen molar-refractivity contribution < 1.29 is 19.4 Å². The maximum absolute atomic E-state index is 12.5. The van der Waals surface area contributed by atoms with Crippen molar-refractivity contribution in [1.29, 1.82) is 0 Å². The van der Waals surface area contributed by atoms with Crippen LogP contribution < -0.4 is 0 Å². The monoisotopic (exact) mass is 320 g/mol. The third-order valence-electron chi connectivity index (χ3n) is 4.01. The number of nitrogens with zero attached hydrogens (tertiary/aromatic N) is 2. The predicted octanol–water partition coefficient (Wildman–Crippen LogP) is 0.781. The second-order valence-corrected chi connectivity index (χ2v) is 6.03. The van der Waals surface area contributed by atoms with Gasteiger partial charge in [0.15, 0.2) is 0 Å². The molecule has 1 aromatic carbocycles. The number of morpholine rings is 1. The highest BCUT2D eigenvalue weighted by Crippen LogP contribution is 2.12. The summed E-state index contributed by atoms with van der Waals surface area (Å²) >= 11 is 0. The van der Waals surface area contributed by atoms with Gasteiger partial charge in [0.1, 0.15) is 0 Å². The predicted molar refractivity (Wildman–Crippen MR) is 86.3 cm³/mol. The van der Waals surface area contributed by atoms with Crippen LogP contribution in [0.3, 0.4) is 0 Å². The molecule has 1 aromatic rings. The van der Waals surface area contributed by atoms with Gasteiger partial charge in [-0.25, -0.2) is 0 Å². The topological polar surface area (TPSA) is 70.1 Å². The van der Waals surface area contributed by atoms with Gasteiger partial charge in [0.05, 0.1) is 25.7 Å². The Morgan fingerprint density at radius 1 is 1.39 bits per heavy atom. The smallest absolute Gasteiger partial charge is 0.317 e. The van der Waals surface area contributed by atoms with Gasteiger partial charge >= 0.3 is 5.97 Å². The summed E-state index contributed by atoms with van der Waals surface area (Å²) in [4.78, 5) is 26.7. The van der Waals surface area contributed by atoms with Crippen LogP contribution in [0, 0.1) is 6.92 Å². The van der Waals surface area contributed by atoms with E-state index in [-0.39, 0.29) is 18.6 Å². The highest BCUT2D eigenvalue weighted by atomic mass is 16.5. The lowest BCUT2D eigenvalue weighted by molar-refractivity contribution is -0.142. The van der Waals surface area contributed by atoms with E-state index in [1.165, 1.54) is 0 Å². The maximum Gasteiger partial charge on any atom is 0.317 e. The third-order valence-corrected chi connectivity index (χ3v) is 4.01. The number of rotatable bonds is 6. The number of aliphatic carboxylic acids is 1. The van der Waals surface area contributed by atoms with Gasteiger partial charge in [-0.05, 0) is 25.1 Å². The number of likely N-dealkylation sites (N-methyl/N-ethyl adjacent to an activating group) is 1. The lowest BCUT2D eigenvalue weighted by atomic mass is 10.1. The summed E-state index contributed by atoms with van der Waals surface area (Å²) in [6.07, 6.45) is 0.249. The Morgan fingerprint density at radius 2 is 2.13 bits per heavy atom. The second-order valence-electron chi connectivity index (χ2n) is 6.03. The highest BCUT2D eigenvalue weighted by molar-refractivity contribution is 5.79. The molecule has 1 heterocycles. The molecule has 0 saturated carbocycles. The Kier molecular flexibility index (Phi) is 6.12. The van der Waals surface area contributed by atoms with Gasteiger partial charge in [-0.15, -0.1) is 0 Å². The number of carboxylic acid groups (broad SMARTS) is 1. The van der Waals surface area contributed by atoms with Crippen molar-refractivity contribution in [2.75, 3.05) is 39.8 Å². The fourth-order valence-electron chi connectivity index (χ4n) is 2.78. The molecule has 126 valence electrons. The Bertz CT molecular complexity index is 561. The van der Waals surface area contributed by atoms with Crippen LogP contribution in [0.25, 0.3) is 0 Å². The maximum atomic E-state index is 12.5. The Labute approximate surface area is 136 Å². The number of carboxylic acids is 1. The van der Waals surface area contributed by atoms with E-state index in [0.717, 1.165) is 11.1 Å². The lowest BCUT2D eigenvalue weighted by Gasteiger charge is -2.34. The van der Waals surface area contributed by atoms with E-state index in [1.807, 2.05) is 36.1 Å². The number of benzene rings is 1. The molecule has 6 heteroatoms. The zero-order valence-electron chi connectivity index (χ0n) is 13.7. The summed E-state index contributed by atoms with van der Waals surface area (Å²) in [5.41, 5.74) is 2.16. The Balaban J connectivity index is 1.89.